The number of nitrogens with two attached hydrogens (primary N) is 1. The van der Waals surface area contributed by atoms with Gasteiger partial charge in [-0.3, -0.25) is 0 Å². The molecule has 2 N–H and O–H groups in total. The molecular weight excluding hydrogens is 297 g/mol. The predicted octanol–water partition coefficient (Wildman–Crippen LogP) is 3.07. The second-order valence-electron chi connectivity index (χ2n) is 4.27. The first kappa shape index (κ1) is 15.6. The van der Waals surface area contributed by atoms with Crippen LogP contribution in [0.5, 0.6) is 5.75 Å². The lowest BCUT2D eigenvalue weighted by atomic mass is 10.1. The Morgan fingerprint density at radius 2 is 1.89 bits per heavy atom. The van der Waals surface area contributed by atoms with Crippen molar-refractivity contribution in [2.24, 2.45) is 11.1 Å². The monoisotopic (exact) mass is 311 g/mol. The summed E-state index contributed by atoms with van der Waals surface area (Å²) in [6, 6.07) is 2.74. The van der Waals surface area contributed by atoms with E-state index in [0.717, 1.165) is 6.42 Å². The summed E-state index contributed by atoms with van der Waals surface area (Å²) in [5, 5.41) is 4.96. The number of primary sulfonamides is 1. The van der Waals surface area contributed by atoms with Crippen LogP contribution in [0.2, 0.25) is 10.0 Å². The predicted molar refractivity (Wildman–Crippen MR) is 72.8 cm³/mol. The topological polar surface area (TPSA) is 69.4 Å². The Bertz CT molecular complexity index is 529. The first-order valence-electron chi connectivity index (χ1n) is 5.37. The van der Waals surface area contributed by atoms with Gasteiger partial charge in [0.05, 0.1) is 11.6 Å². The first-order chi connectivity index (χ1) is 8.23. The van der Waals surface area contributed by atoms with Crippen LogP contribution in [-0.4, -0.2) is 15.0 Å². The maximum atomic E-state index is 11.2. The highest BCUT2D eigenvalue weighted by Crippen LogP contribution is 2.36. The van der Waals surface area contributed by atoms with Crippen molar-refractivity contribution in [2.75, 3.05) is 6.61 Å². The molecule has 0 radical (unpaired) electrons. The quantitative estimate of drug-likeness (QED) is 0.908. The summed E-state index contributed by atoms with van der Waals surface area (Å²) in [6.45, 7) is 4.63. The SMILES string of the molecule is CC(C)CCOc1ccc(S(N)(=O)=O)c(Cl)c1Cl. The van der Waals surface area contributed by atoms with Crippen molar-refractivity contribution in [1.82, 2.24) is 0 Å². The molecule has 0 aliphatic heterocycles. The third-order valence-electron chi connectivity index (χ3n) is 2.27. The van der Waals surface area contributed by atoms with Gasteiger partial charge in [0.1, 0.15) is 15.7 Å². The average molecular weight is 312 g/mol. The molecule has 0 saturated carbocycles. The van der Waals surface area contributed by atoms with Crippen molar-refractivity contribution in [3.05, 3.63) is 22.2 Å². The van der Waals surface area contributed by atoms with Crippen molar-refractivity contribution in [2.45, 2.75) is 25.2 Å². The van der Waals surface area contributed by atoms with Crippen molar-refractivity contribution in [3.8, 4) is 5.75 Å². The highest BCUT2D eigenvalue weighted by Gasteiger charge is 2.18. The number of halogens is 2. The van der Waals surface area contributed by atoms with Crippen LogP contribution in [0.25, 0.3) is 0 Å². The van der Waals surface area contributed by atoms with E-state index in [0.29, 0.717) is 18.3 Å². The Morgan fingerprint density at radius 1 is 1.28 bits per heavy atom. The number of benzene rings is 1. The van der Waals surface area contributed by atoms with Crippen LogP contribution in [0, 0.1) is 5.92 Å². The zero-order chi connectivity index (χ0) is 13.9. The minimum absolute atomic E-state index is 0.0620. The maximum Gasteiger partial charge on any atom is 0.239 e. The Labute approximate surface area is 117 Å². The van der Waals surface area contributed by atoms with E-state index in [4.69, 9.17) is 33.1 Å². The van der Waals surface area contributed by atoms with Crippen LogP contribution in [-0.2, 0) is 10.0 Å². The molecule has 0 atom stereocenters. The van der Waals surface area contributed by atoms with E-state index >= 15 is 0 Å². The van der Waals surface area contributed by atoms with Gasteiger partial charge in [0.15, 0.2) is 0 Å². The standard InChI is InChI=1S/C11H15Cl2NO3S/c1-7(2)5-6-17-8-3-4-9(18(14,15)16)11(13)10(8)12/h3-4,7H,5-6H2,1-2H3,(H2,14,15,16). The molecule has 4 nitrogen and oxygen atoms in total. The molecule has 0 heterocycles. The largest absolute Gasteiger partial charge is 0.492 e. The van der Waals surface area contributed by atoms with Gasteiger partial charge in [-0.25, -0.2) is 13.6 Å². The van der Waals surface area contributed by atoms with Gasteiger partial charge in [-0.2, -0.15) is 0 Å². The lowest BCUT2D eigenvalue weighted by molar-refractivity contribution is 0.289. The zero-order valence-corrected chi connectivity index (χ0v) is 12.4. The highest BCUT2D eigenvalue weighted by atomic mass is 35.5. The summed E-state index contributed by atoms with van der Waals surface area (Å²) in [5.41, 5.74) is 0. The fourth-order valence-corrected chi connectivity index (χ4v) is 2.61. The van der Waals surface area contributed by atoms with Crippen LogP contribution >= 0.6 is 23.2 Å². The number of rotatable bonds is 5. The highest BCUT2D eigenvalue weighted by molar-refractivity contribution is 7.89. The molecule has 0 aliphatic carbocycles. The normalized spacial score (nSPS) is 11.9. The van der Waals surface area contributed by atoms with E-state index in [1.807, 2.05) is 0 Å². The Hall–Kier alpha value is -0.490. The summed E-state index contributed by atoms with van der Waals surface area (Å²) >= 11 is 11.8. The number of hydrogen-bond acceptors (Lipinski definition) is 3. The molecule has 1 aromatic carbocycles. The molecule has 0 aliphatic rings. The number of hydrogen-bond donors (Lipinski definition) is 1. The van der Waals surface area contributed by atoms with Crippen LogP contribution < -0.4 is 9.88 Å². The molecule has 102 valence electrons. The smallest absolute Gasteiger partial charge is 0.239 e. The van der Waals surface area contributed by atoms with Gasteiger partial charge in [0.25, 0.3) is 0 Å². The minimum atomic E-state index is -3.88. The molecule has 0 amide bonds. The molecule has 0 bridgehead atoms. The van der Waals surface area contributed by atoms with Gasteiger partial charge in [-0.15, -0.1) is 0 Å². The zero-order valence-electron chi connectivity index (χ0n) is 10.1. The third kappa shape index (κ3) is 4.02. The van der Waals surface area contributed by atoms with Crippen molar-refractivity contribution in [1.29, 1.82) is 0 Å². The summed E-state index contributed by atoms with van der Waals surface area (Å²) in [6.07, 6.45) is 0.866. The lowest BCUT2D eigenvalue weighted by Crippen LogP contribution is -2.13. The lowest BCUT2D eigenvalue weighted by Gasteiger charge is -2.12. The van der Waals surface area contributed by atoms with E-state index in [-0.39, 0.29) is 14.9 Å². The third-order valence-corrected chi connectivity index (χ3v) is 4.20. The van der Waals surface area contributed by atoms with E-state index in [1.54, 1.807) is 0 Å². The van der Waals surface area contributed by atoms with E-state index in [2.05, 4.69) is 13.8 Å². The van der Waals surface area contributed by atoms with E-state index in [9.17, 15) is 8.42 Å². The van der Waals surface area contributed by atoms with Gasteiger partial charge in [0, 0.05) is 0 Å². The average Bonchev–Trinajstić information content (AvgIpc) is 2.22. The van der Waals surface area contributed by atoms with Gasteiger partial charge in [-0.05, 0) is 24.5 Å². The molecule has 1 aromatic rings. The summed E-state index contributed by atoms with van der Waals surface area (Å²) < 4.78 is 27.9. The van der Waals surface area contributed by atoms with Gasteiger partial charge in [0.2, 0.25) is 10.0 Å². The molecule has 0 saturated heterocycles. The van der Waals surface area contributed by atoms with Crippen LogP contribution in [0.4, 0.5) is 0 Å². The maximum absolute atomic E-state index is 11.2. The molecule has 7 heteroatoms. The molecule has 0 fully saturated rings. The van der Waals surface area contributed by atoms with Crippen LogP contribution in [0.3, 0.4) is 0 Å². The summed E-state index contributed by atoms with van der Waals surface area (Å²) in [4.78, 5) is -0.203. The van der Waals surface area contributed by atoms with Crippen molar-refractivity contribution < 1.29 is 13.2 Å². The van der Waals surface area contributed by atoms with E-state index in [1.165, 1.54) is 12.1 Å². The van der Waals surface area contributed by atoms with E-state index < -0.39 is 10.0 Å². The second-order valence-corrected chi connectivity index (χ2v) is 6.55. The number of ether oxygens (including phenoxy) is 1. The van der Waals surface area contributed by atoms with Gasteiger partial charge in [-0.1, -0.05) is 37.0 Å². The molecule has 0 unspecified atom stereocenters. The second kappa shape index (κ2) is 6.10. The molecule has 18 heavy (non-hydrogen) atoms. The van der Waals surface area contributed by atoms with Gasteiger partial charge < -0.3 is 4.74 Å². The first-order valence-corrected chi connectivity index (χ1v) is 7.67. The molecule has 0 aromatic heterocycles. The Morgan fingerprint density at radius 3 is 2.39 bits per heavy atom. The van der Waals surface area contributed by atoms with Crippen molar-refractivity contribution >= 4 is 33.2 Å². The minimum Gasteiger partial charge on any atom is -0.492 e. The summed E-state index contributed by atoms with van der Waals surface area (Å²) in [5.74, 6) is 0.859. The van der Waals surface area contributed by atoms with Crippen LogP contribution in [0.1, 0.15) is 20.3 Å². The molecule has 0 spiro atoms. The Kier molecular flexibility index (Phi) is 5.28. The fourth-order valence-electron chi connectivity index (χ4n) is 1.25. The van der Waals surface area contributed by atoms with Crippen LogP contribution in [0.15, 0.2) is 17.0 Å². The molecular formula is C11H15Cl2NO3S. The fraction of sp³-hybridized carbons (Fsp3) is 0.455. The Balaban J connectivity index is 2.95. The summed E-state index contributed by atoms with van der Waals surface area (Å²) in [7, 11) is -3.88. The van der Waals surface area contributed by atoms with Gasteiger partial charge >= 0.3 is 0 Å². The van der Waals surface area contributed by atoms with Crippen molar-refractivity contribution in [3.63, 3.8) is 0 Å². The molecule has 1 rings (SSSR count). The number of sulfonamides is 1.